The fourth-order valence-electron chi connectivity index (χ4n) is 2.88. The topological polar surface area (TPSA) is 81.6 Å². The molecule has 1 aromatic carbocycles. The van der Waals surface area contributed by atoms with E-state index in [9.17, 15) is 8.42 Å². The Morgan fingerprint density at radius 3 is 2.56 bits per heavy atom. The van der Waals surface area contributed by atoms with Gasteiger partial charge in [0.25, 0.3) is 11.8 Å². The molecule has 146 valence electrons. The van der Waals surface area contributed by atoms with E-state index in [0.717, 1.165) is 0 Å². The van der Waals surface area contributed by atoms with Gasteiger partial charge in [0.05, 0.1) is 18.7 Å². The predicted octanol–water partition coefficient (Wildman–Crippen LogP) is 3.33. The summed E-state index contributed by atoms with van der Waals surface area (Å²) in [6, 6.07) is 2.95. The molecule has 1 saturated heterocycles. The number of hydrogen-bond acceptors (Lipinski definition) is 6. The molecule has 0 bridgehead atoms. The number of aryl methyl sites for hydroxylation is 1. The molecular weight excluding hydrogens is 413 g/mol. The molecule has 1 aromatic heterocycles. The van der Waals surface area contributed by atoms with E-state index in [0.29, 0.717) is 30.0 Å². The van der Waals surface area contributed by atoms with Gasteiger partial charge in [0.15, 0.2) is 0 Å². The SMILES string of the molecule is COc1nccnc1OC1CCCN(S(=O)(=O)c2cc(C)c(Cl)cc2Cl)C1. The Morgan fingerprint density at radius 1 is 1.15 bits per heavy atom. The van der Waals surface area contributed by atoms with Gasteiger partial charge in [0, 0.05) is 24.0 Å². The number of ether oxygens (including phenoxy) is 2. The predicted molar refractivity (Wildman–Crippen MR) is 102 cm³/mol. The number of piperidine rings is 1. The number of methoxy groups -OCH3 is 1. The molecule has 0 amide bonds. The van der Waals surface area contributed by atoms with Crippen molar-refractivity contribution in [3.05, 3.63) is 40.1 Å². The fraction of sp³-hybridized carbons (Fsp3) is 0.412. The van der Waals surface area contributed by atoms with E-state index in [-0.39, 0.29) is 34.3 Å². The smallest absolute Gasteiger partial charge is 0.278 e. The molecule has 0 saturated carbocycles. The van der Waals surface area contributed by atoms with Gasteiger partial charge >= 0.3 is 0 Å². The van der Waals surface area contributed by atoms with Crippen molar-refractivity contribution in [2.45, 2.75) is 30.8 Å². The van der Waals surface area contributed by atoms with Gasteiger partial charge < -0.3 is 9.47 Å². The molecule has 1 unspecified atom stereocenters. The molecule has 10 heteroatoms. The molecule has 7 nitrogen and oxygen atoms in total. The molecule has 2 aromatic rings. The van der Waals surface area contributed by atoms with Crippen LogP contribution in [0.15, 0.2) is 29.4 Å². The minimum atomic E-state index is -3.78. The molecule has 1 fully saturated rings. The Balaban J connectivity index is 1.82. The summed E-state index contributed by atoms with van der Waals surface area (Å²) in [6.07, 6.45) is 3.96. The number of aromatic nitrogens is 2. The van der Waals surface area contributed by atoms with Crippen LogP contribution in [0.5, 0.6) is 11.8 Å². The Morgan fingerprint density at radius 2 is 1.85 bits per heavy atom. The van der Waals surface area contributed by atoms with Crippen molar-refractivity contribution in [1.29, 1.82) is 0 Å². The maximum absolute atomic E-state index is 13.1. The van der Waals surface area contributed by atoms with Gasteiger partial charge in [0.2, 0.25) is 10.0 Å². The Hall–Kier alpha value is -1.61. The summed E-state index contributed by atoms with van der Waals surface area (Å²) in [6.45, 7) is 2.30. The summed E-state index contributed by atoms with van der Waals surface area (Å²) in [7, 11) is -2.31. The highest BCUT2D eigenvalue weighted by Crippen LogP contribution is 2.32. The average molecular weight is 432 g/mol. The molecule has 27 heavy (non-hydrogen) atoms. The van der Waals surface area contributed by atoms with Crippen LogP contribution in [0.25, 0.3) is 0 Å². The van der Waals surface area contributed by atoms with Crippen molar-refractivity contribution in [2.75, 3.05) is 20.2 Å². The number of rotatable bonds is 5. The molecule has 3 rings (SSSR count). The van der Waals surface area contributed by atoms with Crippen LogP contribution in [-0.2, 0) is 10.0 Å². The lowest BCUT2D eigenvalue weighted by Crippen LogP contribution is -2.44. The molecule has 1 atom stereocenters. The Bertz CT molecular complexity index is 940. The van der Waals surface area contributed by atoms with Crippen LogP contribution in [0, 0.1) is 6.92 Å². The van der Waals surface area contributed by atoms with E-state index in [1.165, 1.54) is 35.9 Å². The highest BCUT2D eigenvalue weighted by molar-refractivity contribution is 7.89. The van der Waals surface area contributed by atoms with Crippen LogP contribution < -0.4 is 9.47 Å². The van der Waals surface area contributed by atoms with Crippen LogP contribution in [0.4, 0.5) is 0 Å². The van der Waals surface area contributed by atoms with Gasteiger partial charge in [-0.2, -0.15) is 4.31 Å². The first-order valence-electron chi connectivity index (χ1n) is 8.30. The van der Waals surface area contributed by atoms with Gasteiger partial charge in [0.1, 0.15) is 11.0 Å². The van der Waals surface area contributed by atoms with E-state index in [4.69, 9.17) is 32.7 Å². The highest BCUT2D eigenvalue weighted by Gasteiger charge is 2.33. The van der Waals surface area contributed by atoms with Crippen molar-refractivity contribution in [1.82, 2.24) is 14.3 Å². The van der Waals surface area contributed by atoms with Gasteiger partial charge in [-0.25, -0.2) is 18.4 Å². The average Bonchev–Trinajstić information content (AvgIpc) is 2.65. The van der Waals surface area contributed by atoms with Crippen molar-refractivity contribution < 1.29 is 17.9 Å². The lowest BCUT2D eigenvalue weighted by molar-refractivity contribution is 0.119. The zero-order chi connectivity index (χ0) is 19.6. The van der Waals surface area contributed by atoms with E-state index in [1.54, 1.807) is 6.92 Å². The van der Waals surface area contributed by atoms with Crippen LogP contribution in [0.2, 0.25) is 10.0 Å². The van der Waals surface area contributed by atoms with Crippen molar-refractivity contribution in [3.63, 3.8) is 0 Å². The third-order valence-electron chi connectivity index (χ3n) is 4.28. The third kappa shape index (κ3) is 4.29. The second-order valence-corrected chi connectivity index (χ2v) is 8.87. The van der Waals surface area contributed by atoms with Crippen LogP contribution >= 0.6 is 23.2 Å². The minimum absolute atomic E-state index is 0.0452. The number of halogens is 2. The molecule has 2 heterocycles. The molecule has 1 aliphatic heterocycles. The Labute approximate surface area is 168 Å². The van der Waals surface area contributed by atoms with Gasteiger partial charge in [-0.05, 0) is 37.5 Å². The lowest BCUT2D eigenvalue weighted by Gasteiger charge is -2.32. The lowest BCUT2D eigenvalue weighted by atomic mass is 10.1. The van der Waals surface area contributed by atoms with Crippen LogP contribution in [0.1, 0.15) is 18.4 Å². The number of nitrogens with zero attached hydrogens (tertiary/aromatic N) is 3. The van der Waals surface area contributed by atoms with Gasteiger partial charge in [-0.1, -0.05) is 23.2 Å². The summed E-state index contributed by atoms with van der Waals surface area (Å²) in [5, 5.41) is 0.526. The maximum atomic E-state index is 13.1. The van der Waals surface area contributed by atoms with Gasteiger partial charge in [-0.3, -0.25) is 0 Å². The van der Waals surface area contributed by atoms with E-state index in [1.807, 2.05) is 0 Å². The molecule has 1 aliphatic rings. The number of benzene rings is 1. The van der Waals surface area contributed by atoms with Crippen molar-refractivity contribution in [2.24, 2.45) is 0 Å². The highest BCUT2D eigenvalue weighted by atomic mass is 35.5. The summed E-state index contributed by atoms with van der Waals surface area (Å²) in [5.74, 6) is 0.499. The number of sulfonamides is 1. The zero-order valence-corrected chi connectivity index (χ0v) is 17.2. The largest absolute Gasteiger partial charge is 0.477 e. The second-order valence-electron chi connectivity index (χ2n) is 6.15. The summed E-state index contributed by atoms with van der Waals surface area (Å²) >= 11 is 12.2. The molecular formula is C17H19Cl2N3O4S. The number of hydrogen-bond donors (Lipinski definition) is 0. The first kappa shape index (κ1) is 20.1. The monoisotopic (exact) mass is 431 g/mol. The molecule has 0 spiro atoms. The zero-order valence-electron chi connectivity index (χ0n) is 14.9. The summed E-state index contributed by atoms with van der Waals surface area (Å²) in [4.78, 5) is 8.19. The van der Waals surface area contributed by atoms with Crippen LogP contribution in [-0.4, -0.2) is 49.0 Å². The third-order valence-corrected chi connectivity index (χ3v) is 7.01. The first-order valence-corrected chi connectivity index (χ1v) is 10.5. The maximum Gasteiger partial charge on any atom is 0.278 e. The second kappa shape index (κ2) is 8.18. The minimum Gasteiger partial charge on any atom is -0.477 e. The van der Waals surface area contributed by atoms with E-state index in [2.05, 4.69) is 9.97 Å². The summed E-state index contributed by atoms with van der Waals surface area (Å²) in [5.41, 5.74) is 0.647. The van der Waals surface area contributed by atoms with Crippen molar-refractivity contribution in [3.8, 4) is 11.8 Å². The van der Waals surface area contributed by atoms with Gasteiger partial charge in [-0.15, -0.1) is 0 Å². The fourth-order valence-corrected chi connectivity index (χ4v) is 5.20. The molecule has 0 radical (unpaired) electrons. The van der Waals surface area contributed by atoms with E-state index >= 15 is 0 Å². The van der Waals surface area contributed by atoms with E-state index < -0.39 is 10.0 Å². The standard InChI is InChI=1S/C17H19Cl2N3O4S/c1-11-8-15(14(19)9-13(11)18)27(23,24)22-7-3-4-12(10-22)26-17-16(25-2)20-5-6-21-17/h5-6,8-9,12H,3-4,7,10H2,1-2H3. The van der Waals surface area contributed by atoms with Crippen molar-refractivity contribution >= 4 is 33.2 Å². The molecule has 0 N–H and O–H groups in total. The molecule has 0 aliphatic carbocycles. The Kier molecular flexibility index (Phi) is 6.10. The quantitative estimate of drug-likeness (QED) is 0.721. The first-order chi connectivity index (χ1) is 12.8. The summed E-state index contributed by atoms with van der Waals surface area (Å²) < 4.78 is 38.5. The normalized spacial score (nSPS) is 18.3. The van der Waals surface area contributed by atoms with Crippen LogP contribution in [0.3, 0.4) is 0 Å².